The largest absolute Gasteiger partial charge is 0.356 e. The van der Waals surface area contributed by atoms with Crippen LogP contribution in [-0.2, 0) is 14.8 Å². The van der Waals surface area contributed by atoms with Crippen molar-refractivity contribution in [2.45, 2.75) is 37.6 Å². The first kappa shape index (κ1) is 16.4. The molecular formula is C16H23N3O3S. The van der Waals surface area contributed by atoms with Gasteiger partial charge in [-0.3, -0.25) is 9.78 Å². The molecule has 23 heavy (non-hydrogen) atoms. The van der Waals surface area contributed by atoms with E-state index in [9.17, 15) is 13.2 Å². The van der Waals surface area contributed by atoms with Gasteiger partial charge in [0.15, 0.2) is 0 Å². The summed E-state index contributed by atoms with van der Waals surface area (Å²) in [7, 11) is -3.20. The summed E-state index contributed by atoms with van der Waals surface area (Å²) in [5.74, 6) is 0.562. The predicted octanol–water partition coefficient (Wildman–Crippen LogP) is 1.02. The van der Waals surface area contributed by atoms with E-state index in [1.165, 1.54) is 6.26 Å². The Morgan fingerprint density at radius 1 is 1.39 bits per heavy atom. The Bertz CT molecular complexity index is 662. The molecule has 3 rings (SSSR count). The van der Waals surface area contributed by atoms with Gasteiger partial charge in [0.05, 0.1) is 6.26 Å². The number of carbonyl (C=O) groups excluding carboxylic acids is 1. The summed E-state index contributed by atoms with van der Waals surface area (Å²) in [4.78, 5) is 16.4. The predicted molar refractivity (Wildman–Crippen MR) is 87.2 cm³/mol. The van der Waals surface area contributed by atoms with E-state index in [0.717, 1.165) is 31.2 Å². The number of rotatable bonds is 6. The first-order chi connectivity index (χ1) is 10.9. The van der Waals surface area contributed by atoms with Crippen LogP contribution in [0.4, 0.5) is 0 Å². The third-order valence-electron chi connectivity index (χ3n) is 4.80. The van der Waals surface area contributed by atoms with Gasteiger partial charge in [-0.05, 0) is 42.7 Å². The standard InChI is InChI=1S/C16H23N3O3S/c1-23(21,22)19-15-6-2-4-12(15)10-18-16(20)14-8-13(14)11-5-3-7-17-9-11/h3,5,7,9,12-15,19H,2,4,6,8,10H2,1H3,(H,18,20)/t12-,13-,14+,15-/m0/s1. The van der Waals surface area contributed by atoms with Crippen molar-refractivity contribution in [3.8, 4) is 0 Å². The molecule has 0 bridgehead atoms. The number of aromatic nitrogens is 1. The van der Waals surface area contributed by atoms with E-state index in [1.807, 2.05) is 18.3 Å². The second kappa shape index (κ2) is 6.57. The van der Waals surface area contributed by atoms with Gasteiger partial charge < -0.3 is 5.32 Å². The van der Waals surface area contributed by atoms with Crippen molar-refractivity contribution in [3.05, 3.63) is 30.1 Å². The maximum Gasteiger partial charge on any atom is 0.223 e. The average Bonchev–Trinajstić information content (AvgIpc) is 3.20. The Morgan fingerprint density at radius 3 is 2.91 bits per heavy atom. The van der Waals surface area contributed by atoms with E-state index in [4.69, 9.17) is 0 Å². The van der Waals surface area contributed by atoms with Gasteiger partial charge in [-0.25, -0.2) is 13.1 Å². The molecule has 0 aliphatic heterocycles. The highest BCUT2D eigenvalue weighted by Crippen LogP contribution is 2.47. The van der Waals surface area contributed by atoms with Crippen molar-refractivity contribution in [2.24, 2.45) is 11.8 Å². The quantitative estimate of drug-likeness (QED) is 0.811. The molecule has 1 aromatic rings. The first-order valence-corrected chi connectivity index (χ1v) is 9.98. The molecule has 2 N–H and O–H groups in total. The molecule has 0 saturated heterocycles. The van der Waals surface area contributed by atoms with Gasteiger partial charge >= 0.3 is 0 Å². The highest BCUT2D eigenvalue weighted by Gasteiger charge is 2.44. The number of nitrogens with zero attached hydrogens (tertiary/aromatic N) is 1. The molecule has 0 spiro atoms. The first-order valence-electron chi connectivity index (χ1n) is 8.09. The number of carbonyl (C=O) groups is 1. The van der Waals surface area contributed by atoms with E-state index < -0.39 is 10.0 Å². The summed E-state index contributed by atoms with van der Waals surface area (Å²) >= 11 is 0. The smallest absolute Gasteiger partial charge is 0.223 e. The van der Waals surface area contributed by atoms with Crippen LogP contribution in [0.25, 0.3) is 0 Å². The molecule has 0 unspecified atom stereocenters. The van der Waals surface area contributed by atoms with Gasteiger partial charge in [0, 0.05) is 30.9 Å². The number of hydrogen-bond acceptors (Lipinski definition) is 4. The Morgan fingerprint density at radius 2 is 2.22 bits per heavy atom. The molecule has 2 aliphatic carbocycles. The third kappa shape index (κ3) is 4.29. The Labute approximate surface area is 137 Å². The fourth-order valence-corrected chi connectivity index (χ4v) is 4.38. The lowest BCUT2D eigenvalue weighted by Crippen LogP contribution is -2.41. The molecule has 0 radical (unpaired) electrons. The summed E-state index contributed by atoms with van der Waals surface area (Å²) < 4.78 is 25.5. The normalized spacial score (nSPS) is 30.1. The molecule has 0 aromatic carbocycles. The molecule has 126 valence electrons. The van der Waals surface area contributed by atoms with Crippen molar-refractivity contribution in [2.75, 3.05) is 12.8 Å². The van der Waals surface area contributed by atoms with Gasteiger partial charge in [-0.15, -0.1) is 0 Å². The number of hydrogen-bond donors (Lipinski definition) is 2. The van der Waals surface area contributed by atoms with Gasteiger partial charge in [0.1, 0.15) is 0 Å². The van der Waals surface area contributed by atoms with Crippen molar-refractivity contribution < 1.29 is 13.2 Å². The Hall–Kier alpha value is -1.47. The zero-order chi connectivity index (χ0) is 16.4. The van der Waals surface area contributed by atoms with Crippen LogP contribution in [-0.4, -0.2) is 38.2 Å². The second-order valence-corrected chi connectivity index (χ2v) is 8.45. The summed E-state index contributed by atoms with van der Waals surface area (Å²) in [5.41, 5.74) is 1.12. The van der Waals surface area contributed by atoms with E-state index >= 15 is 0 Å². The number of pyridine rings is 1. The van der Waals surface area contributed by atoms with Crippen LogP contribution in [0.3, 0.4) is 0 Å². The lowest BCUT2D eigenvalue weighted by atomic mass is 10.0. The number of nitrogens with one attached hydrogen (secondary N) is 2. The van der Waals surface area contributed by atoms with Crippen LogP contribution in [0.1, 0.15) is 37.2 Å². The second-order valence-electron chi connectivity index (χ2n) is 6.67. The van der Waals surface area contributed by atoms with E-state index in [0.29, 0.717) is 6.54 Å². The van der Waals surface area contributed by atoms with E-state index in [1.54, 1.807) is 6.20 Å². The molecule has 6 nitrogen and oxygen atoms in total. The summed E-state index contributed by atoms with van der Waals surface area (Å²) in [6, 6.07) is 3.84. The van der Waals surface area contributed by atoms with Crippen molar-refractivity contribution in [3.63, 3.8) is 0 Å². The fraction of sp³-hybridized carbons (Fsp3) is 0.625. The Balaban J connectivity index is 1.48. The summed E-state index contributed by atoms with van der Waals surface area (Å²) in [6.45, 7) is 0.544. The fourth-order valence-electron chi connectivity index (χ4n) is 3.52. The summed E-state index contributed by atoms with van der Waals surface area (Å²) in [5, 5.41) is 3.01. The van der Waals surface area contributed by atoms with Crippen molar-refractivity contribution in [1.29, 1.82) is 0 Å². The van der Waals surface area contributed by atoms with Crippen LogP contribution in [0, 0.1) is 11.8 Å². The third-order valence-corrected chi connectivity index (χ3v) is 5.53. The monoisotopic (exact) mass is 337 g/mol. The molecule has 2 saturated carbocycles. The SMILES string of the molecule is CS(=O)(=O)N[C@H]1CCC[C@H]1CNC(=O)[C@@H]1C[C@H]1c1cccnc1. The molecular weight excluding hydrogens is 314 g/mol. The molecule has 1 heterocycles. The average molecular weight is 337 g/mol. The molecule has 4 atom stereocenters. The van der Waals surface area contributed by atoms with Crippen LogP contribution < -0.4 is 10.0 Å². The minimum atomic E-state index is -3.20. The van der Waals surface area contributed by atoms with Crippen LogP contribution in [0.5, 0.6) is 0 Å². The molecule has 2 aliphatic rings. The lowest BCUT2D eigenvalue weighted by molar-refractivity contribution is -0.122. The van der Waals surface area contributed by atoms with Crippen LogP contribution in [0.2, 0.25) is 0 Å². The zero-order valence-corrected chi connectivity index (χ0v) is 14.1. The van der Waals surface area contributed by atoms with Gasteiger partial charge in [0.2, 0.25) is 15.9 Å². The van der Waals surface area contributed by atoms with Gasteiger partial charge in [-0.2, -0.15) is 0 Å². The maximum absolute atomic E-state index is 12.3. The van der Waals surface area contributed by atoms with Crippen molar-refractivity contribution in [1.82, 2.24) is 15.0 Å². The lowest BCUT2D eigenvalue weighted by Gasteiger charge is -2.20. The molecule has 7 heteroatoms. The van der Waals surface area contributed by atoms with Gasteiger partial charge in [0.25, 0.3) is 0 Å². The number of sulfonamides is 1. The molecule has 1 amide bonds. The molecule has 1 aromatic heterocycles. The van der Waals surface area contributed by atoms with Crippen LogP contribution >= 0.6 is 0 Å². The maximum atomic E-state index is 12.3. The van der Waals surface area contributed by atoms with E-state index in [-0.39, 0.29) is 29.7 Å². The minimum Gasteiger partial charge on any atom is -0.356 e. The number of amides is 1. The molecule has 2 fully saturated rings. The Kier molecular flexibility index (Phi) is 4.68. The minimum absolute atomic E-state index is 0.0296. The highest BCUT2D eigenvalue weighted by molar-refractivity contribution is 7.88. The van der Waals surface area contributed by atoms with Crippen molar-refractivity contribution >= 4 is 15.9 Å². The highest BCUT2D eigenvalue weighted by atomic mass is 32.2. The topological polar surface area (TPSA) is 88.2 Å². The van der Waals surface area contributed by atoms with E-state index in [2.05, 4.69) is 15.0 Å². The van der Waals surface area contributed by atoms with Gasteiger partial charge in [-0.1, -0.05) is 12.5 Å². The zero-order valence-electron chi connectivity index (χ0n) is 13.2. The van der Waals surface area contributed by atoms with Crippen LogP contribution in [0.15, 0.2) is 24.5 Å². The summed E-state index contributed by atoms with van der Waals surface area (Å²) in [6.07, 6.45) is 8.39.